The Bertz CT molecular complexity index is 1340. The third-order valence-corrected chi connectivity index (χ3v) is 5.73. The number of aliphatic hydroxyl groups is 2. The zero-order chi connectivity index (χ0) is 26.4. The molecule has 7 nitrogen and oxygen atoms in total. The van der Waals surface area contributed by atoms with Gasteiger partial charge >= 0.3 is 6.18 Å². The SMILES string of the molecule is CC(C)(O)C#CC1CC2=C(C=C1F)OCCn1c2nc(C(N)=O)c1C(O)c1cccc(C(F)(F)F)c1. The highest BCUT2D eigenvalue weighted by Crippen LogP contribution is 2.40. The molecule has 0 saturated carbocycles. The molecule has 1 aliphatic carbocycles. The Balaban J connectivity index is 1.83. The molecule has 0 spiro atoms. The molecule has 2 aromatic rings. The number of nitrogens with two attached hydrogens (primary N) is 1. The number of ether oxygens (including phenoxy) is 1. The van der Waals surface area contributed by atoms with E-state index < -0.39 is 41.1 Å². The fourth-order valence-corrected chi connectivity index (χ4v) is 4.10. The highest BCUT2D eigenvalue weighted by Gasteiger charge is 2.36. The number of primary amides is 1. The molecule has 0 fully saturated rings. The predicted molar refractivity (Wildman–Crippen MR) is 120 cm³/mol. The van der Waals surface area contributed by atoms with Crippen LogP contribution in [0, 0.1) is 17.8 Å². The van der Waals surface area contributed by atoms with Crippen molar-refractivity contribution in [2.45, 2.75) is 44.7 Å². The first kappa shape index (κ1) is 25.5. The summed E-state index contributed by atoms with van der Waals surface area (Å²) in [5.74, 6) is 3.09. The van der Waals surface area contributed by atoms with Crippen LogP contribution in [-0.4, -0.2) is 37.9 Å². The van der Waals surface area contributed by atoms with E-state index in [0.717, 1.165) is 24.3 Å². The van der Waals surface area contributed by atoms with E-state index in [1.165, 1.54) is 24.5 Å². The van der Waals surface area contributed by atoms with Crippen LogP contribution in [0.1, 0.15) is 59.5 Å². The molecular weight excluding hydrogens is 482 g/mol. The lowest BCUT2D eigenvalue weighted by atomic mass is 9.91. The molecule has 1 aliphatic heterocycles. The molecule has 0 radical (unpaired) electrons. The zero-order valence-corrected chi connectivity index (χ0v) is 19.4. The molecule has 190 valence electrons. The zero-order valence-electron chi connectivity index (χ0n) is 19.4. The Labute approximate surface area is 203 Å². The summed E-state index contributed by atoms with van der Waals surface area (Å²) < 4.78 is 61.6. The average Bonchev–Trinajstić information content (AvgIpc) is 3.08. The van der Waals surface area contributed by atoms with Gasteiger partial charge < -0.3 is 25.3 Å². The number of benzene rings is 1. The van der Waals surface area contributed by atoms with Gasteiger partial charge in [0.2, 0.25) is 0 Å². The van der Waals surface area contributed by atoms with E-state index in [9.17, 15) is 32.6 Å². The van der Waals surface area contributed by atoms with Gasteiger partial charge in [-0.05, 0) is 38.0 Å². The molecule has 1 aromatic carbocycles. The third-order valence-electron chi connectivity index (χ3n) is 5.73. The molecule has 11 heteroatoms. The third kappa shape index (κ3) is 5.01. The van der Waals surface area contributed by atoms with Gasteiger partial charge in [0.15, 0.2) is 5.69 Å². The van der Waals surface area contributed by atoms with Crippen LogP contribution in [0.3, 0.4) is 0 Å². The molecule has 1 aromatic heterocycles. The van der Waals surface area contributed by atoms with Crippen LogP contribution in [0.5, 0.6) is 0 Å². The smallest absolute Gasteiger partial charge is 0.416 e. The molecule has 1 amide bonds. The number of nitrogens with zero attached hydrogens (tertiary/aromatic N) is 2. The fourth-order valence-electron chi connectivity index (χ4n) is 4.10. The summed E-state index contributed by atoms with van der Waals surface area (Å²) in [6.45, 7) is 2.98. The molecule has 2 atom stereocenters. The van der Waals surface area contributed by atoms with Gasteiger partial charge in [-0.2, -0.15) is 13.2 Å². The predicted octanol–water partition coefficient (Wildman–Crippen LogP) is 3.47. The van der Waals surface area contributed by atoms with Crippen LogP contribution in [0.2, 0.25) is 0 Å². The number of hydrogen-bond donors (Lipinski definition) is 3. The first-order valence-electron chi connectivity index (χ1n) is 11.0. The van der Waals surface area contributed by atoms with Gasteiger partial charge in [-0.15, -0.1) is 0 Å². The first-order chi connectivity index (χ1) is 16.8. The van der Waals surface area contributed by atoms with E-state index in [2.05, 4.69) is 16.8 Å². The minimum Gasteiger partial charge on any atom is -0.491 e. The summed E-state index contributed by atoms with van der Waals surface area (Å²) >= 11 is 0. The van der Waals surface area contributed by atoms with Crippen LogP contribution >= 0.6 is 0 Å². The quantitative estimate of drug-likeness (QED) is 0.437. The minimum absolute atomic E-state index is 0.00645. The van der Waals surface area contributed by atoms with Crippen LogP contribution in [0.4, 0.5) is 17.6 Å². The summed E-state index contributed by atoms with van der Waals surface area (Å²) in [6, 6.07) is 4.10. The van der Waals surface area contributed by atoms with Gasteiger partial charge in [0.25, 0.3) is 5.91 Å². The molecule has 36 heavy (non-hydrogen) atoms. The van der Waals surface area contributed by atoms with E-state index in [-0.39, 0.29) is 48.1 Å². The van der Waals surface area contributed by atoms with Gasteiger partial charge in [-0.3, -0.25) is 4.79 Å². The van der Waals surface area contributed by atoms with E-state index in [4.69, 9.17) is 10.5 Å². The molecule has 2 aliphatic rings. The van der Waals surface area contributed by atoms with Crippen molar-refractivity contribution in [2.24, 2.45) is 11.7 Å². The Morgan fingerprint density at radius 1 is 1.33 bits per heavy atom. The number of carbonyl (C=O) groups excluding carboxylic acids is 1. The summed E-state index contributed by atoms with van der Waals surface area (Å²) in [7, 11) is 0. The number of aromatic nitrogens is 2. The number of amides is 1. The molecule has 0 bridgehead atoms. The van der Waals surface area contributed by atoms with Crippen LogP contribution in [0.15, 0.2) is 41.9 Å². The molecule has 2 unspecified atom stereocenters. The van der Waals surface area contributed by atoms with Gasteiger partial charge in [0.05, 0.1) is 23.7 Å². The van der Waals surface area contributed by atoms with Crippen molar-refractivity contribution in [1.82, 2.24) is 9.55 Å². The van der Waals surface area contributed by atoms with Crippen molar-refractivity contribution >= 4 is 11.5 Å². The van der Waals surface area contributed by atoms with E-state index in [1.54, 1.807) is 0 Å². The Morgan fingerprint density at radius 3 is 2.69 bits per heavy atom. The van der Waals surface area contributed by atoms with Gasteiger partial charge in [-0.25, -0.2) is 9.37 Å². The van der Waals surface area contributed by atoms with Crippen molar-refractivity contribution in [3.8, 4) is 11.8 Å². The highest BCUT2D eigenvalue weighted by molar-refractivity contribution is 5.93. The number of carbonyl (C=O) groups is 1. The number of rotatable bonds is 3. The number of fused-ring (bicyclic) bond motifs is 2. The number of allylic oxidation sites excluding steroid dienone is 3. The lowest BCUT2D eigenvalue weighted by molar-refractivity contribution is -0.137. The molecule has 4 N–H and O–H groups in total. The highest BCUT2D eigenvalue weighted by atomic mass is 19.4. The van der Waals surface area contributed by atoms with Crippen LogP contribution in [0.25, 0.3) is 5.57 Å². The summed E-state index contributed by atoms with van der Waals surface area (Å²) in [4.78, 5) is 16.6. The van der Waals surface area contributed by atoms with Crippen molar-refractivity contribution in [3.63, 3.8) is 0 Å². The second-order valence-corrected chi connectivity index (χ2v) is 9.02. The van der Waals surface area contributed by atoms with Crippen molar-refractivity contribution in [2.75, 3.05) is 6.61 Å². The number of imidazole rings is 1. The summed E-state index contributed by atoms with van der Waals surface area (Å²) in [5.41, 5.74) is 3.05. The van der Waals surface area contributed by atoms with Gasteiger partial charge in [-0.1, -0.05) is 24.0 Å². The monoisotopic (exact) mass is 505 g/mol. The van der Waals surface area contributed by atoms with E-state index in [1.807, 2.05) is 0 Å². The lowest BCUT2D eigenvalue weighted by Crippen LogP contribution is -2.19. The molecular formula is C25H23F4N3O4. The molecule has 4 rings (SSSR count). The maximum atomic E-state index is 14.7. The molecule has 2 heterocycles. The van der Waals surface area contributed by atoms with Crippen molar-refractivity contribution in [1.29, 1.82) is 0 Å². The van der Waals surface area contributed by atoms with E-state index >= 15 is 0 Å². The standard InChI is InChI=1S/C25H23F4N3O4/c1-24(2,35)7-6-13-11-16-18(12-17(13)26)36-9-8-32-20(19(22(30)34)31-23(16)32)21(33)14-4-3-5-15(10-14)25(27,28)29/h3-5,10,12-13,21,33,35H,8-9,11H2,1-2H3,(H2,30,34). The number of aliphatic hydroxyl groups excluding tert-OH is 1. The second kappa shape index (κ2) is 9.11. The van der Waals surface area contributed by atoms with Crippen LogP contribution in [-0.2, 0) is 17.5 Å². The van der Waals surface area contributed by atoms with Crippen molar-refractivity contribution < 1.29 is 37.3 Å². The summed E-state index contributed by atoms with van der Waals surface area (Å²) in [6.07, 6.45) is -5.17. The normalized spacial score (nSPS) is 18.7. The Kier molecular flexibility index (Phi) is 6.45. The largest absolute Gasteiger partial charge is 0.491 e. The summed E-state index contributed by atoms with van der Waals surface area (Å²) in [5, 5.41) is 21.0. The maximum Gasteiger partial charge on any atom is 0.416 e. The average molecular weight is 505 g/mol. The van der Waals surface area contributed by atoms with Gasteiger partial charge in [0, 0.05) is 11.6 Å². The fraction of sp³-hybridized carbons (Fsp3) is 0.360. The Morgan fingerprint density at radius 2 is 2.06 bits per heavy atom. The second-order valence-electron chi connectivity index (χ2n) is 9.02. The topological polar surface area (TPSA) is 111 Å². The first-order valence-corrected chi connectivity index (χ1v) is 11.0. The number of hydrogen-bond acceptors (Lipinski definition) is 5. The lowest BCUT2D eigenvalue weighted by Gasteiger charge is -2.20. The van der Waals surface area contributed by atoms with Crippen LogP contribution < -0.4 is 5.73 Å². The Hall–Kier alpha value is -3.62. The minimum atomic E-state index is -4.64. The number of alkyl halides is 3. The maximum absolute atomic E-state index is 14.7. The molecule has 0 saturated heterocycles. The van der Waals surface area contributed by atoms with Gasteiger partial charge in [0.1, 0.15) is 35.7 Å². The van der Waals surface area contributed by atoms with Crippen molar-refractivity contribution in [3.05, 3.63) is 70.3 Å². The number of halogens is 4. The van der Waals surface area contributed by atoms with E-state index in [0.29, 0.717) is 5.57 Å².